The molecular weight excluding hydrogens is 311 g/mol. The molecule has 3 aromatic rings. The molecule has 2 amide bonds. The molecule has 0 atom stereocenters. The summed E-state index contributed by atoms with van der Waals surface area (Å²) in [5.41, 5.74) is 2.20. The van der Waals surface area contributed by atoms with Gasteiger partial charge in [0.1, 0.15) is 11.5 Å². The summed E-state index contributed by atoms with van der Waals surface area (Å²) >= 11 is 0. The number of carbonyl (C=O) groups excluding carboxylic acids is 2. The molecule has 7 heteroatoms. The van der Waals surface area contributed by atoms with Gasteiger partial charge in [-0.3, -0.25) is 9.59 Å². The largest absolute Gasteiger partial charge is 0.346 e. The molecule has 0 fully saturated rings. The van der Waals surface area contributed by atoms with Gasteiger partial charge in [0.15, 0.2) is 0 Å². The number of nitrogens with one attached hydrogen (secondary N) is 2. The summed E-state index contributed by atoms with van der Waals surface area (Å²) in [4.78, 5) is 27.6. The lowest BCUT2D eigenvalue weighted by atomic mass is 10.2. The number of imidazole rings is 1. The van der Waals surface area contributed by atoms with E-state index < -0.39 is 0 Å². The number of fused-ring (bicyclic) bond motifs is 1. The summed E-state index contributed by atoms with van der Waals surface area (Å²) in [6.45, 7) is 1.62. The predicted octanol–water partition coefficient (Wildman–Crippen LogP) is 2.36. The Morgan fingerprint density at radius 1 is 1.21 bits per heavy atom. The summed E-state index contributed by atoms with van der Waals surface area (Å²) in [5, 5.41) is 5.38. The summed E-state index contributed by atoms with van der Waals surface area (Å²) < 4.78 is 14.7. The van der Waals surface area contributed by atoms with Crippen LogP contribution in [0.15, 0.2) is 48.8 Å². The zero-order valence-corrected chi connectivity index (χ0v) is 12.9. The van der Waals surface area contributed by atoms with Gasteiger partial charge in [0.25, 0.3) is 5.91 Å². The molecule has 0 spiro atoms. The van der Waals surface area contributed by atoms with Crippen LogP contribution in [0.4, 0.5) is 10.1 Å². The van der Waals surface area contributed by atoms with E-state index in [1.807, 2.05) is 0 Å². The Kier molecular flexibility index (Phi) is 4.24. The maximum absolute atomic E-state index is 13.2. The number of carbonyl (C=O) groups is 2. The number of benzene rings is 1. The molecular formula is C17H15FN4O2. The number of aromatic nitrogens is 2. The number of rotatable bonds is 4. The first kappa shape index (κ1) is 15.7. The number of amides is 2. The van der Waals surface area contributed by atoms with Crippen molar-refractivity contribution in [1.29, 1.82) is 0 Å². The van der Waals surface area contributed by atoms with Gasteiger partial charge in [0, 0.05) is 30.6 Å². The number of pyridine rings is 1. The van der Waals surface area contributed by atoms with Crippen LogP contribution in [0.5, 0.6) is 0 Å². The molecule has 2 N–H and O–H groups in total. The number of nitrogens with zero attached hydrogens (tertiary/aromatic N) is 2. The van der Waals surface area contributed by atoms with E-state index >= 15 is 0 Å². The third-order valence-electron chi connectivity index (χ3n) is 3.34. The third-order valence-corrected chi connectivity index (χ3v) is 3.34. The second-order valence-corrected chi connectivity index (χ2v) is 5.29. The van der Waals surface area contributed by atoms with E-state index in [-0.39, 0.29) is 24.2 Å². The minimum Gasteiger partial charge on any atom is -0.346 e. The average molecular weight is 326 g/mol. The van der Waals surface area contributed by atoms with Gasteiger partial charge in [-0.15, -0.1) is 0 Å². The van der Waals surface area contributed by atoms with Crippen molar-refractivity contribution in [3.8, 4) is 0 Å². The summed E-state index contributed by atoms with van der Waals surface area (Å²) in [6.07, 6.45) is 2.98. The lowest BCUT2D eigenvalue weighted by Gasteiger charge is -2.06. The highest BCUT2D eigenvalue weighted by Crippen LogP contribution is 2.11. The first-order chi connectivity index (χ1) is 11.5. The fourth-order valence-electron chi connectivity index (χ4n) is 2.32. The van der Waals surface area contributed by atoms with Crippen molar-refractivity contribution in [2.75, 3.05) is 5.32 Å². The second-order valence-electron chi connectivity index (χ2n) is 5.29. The summed E-state index contributed by atoms with van der Waals surface area (Å²) in [6, 6.07) is 9.54. The van der Waals surface area contributed by atoms with Crippen LogP contribution < -0.4 is 10.6 Å². The maximum atomic E-state index is 13.2. The zero-order chi connectivity index (χ0) is 17.1. The van der Waals surface area contributed by atoms with Crippen molar-refractivity contribution in [2.45, 2.75) is 13.5 Å². The molecule has 0 saturated heterocycles. The van der Waals surface area contributed by atoms with Gasteiger partial charge in [-0.1, -0.05) is 6.07 Å². The normalized spacial score (nSPS) is 10.6. The van der Waals surface area contributed by atoms with Crippen molar-refractivity contribution in [2.24, 2.45) is 0 Å². The van der Waals surface area contributed by atoms with Crippen LogP contribution in [-0.4, -0.2) is 21.2 Å². The highest BCUT2D eigenvalue weighted by Gasteiger charge is 2.08. The second kappa shape index (κ2) is 6.49. The molecule has 3 rings (SSSR count). The van der Waals surface area contributed by atoms with Crippen molar-refractivity contribution < 1.29 is 14.0 Å². The van der Waals surface area contributed by atoms with Crippen LogP contribution in [0.3, 0.4) is 0 Å². The van der Waals surface area contributed by atoms with E-state index in [2.05, 4.69) is 15.6 Å². The average Bonchev–Trinajstić information content (AvgIpc) is 2.94. The lowest BCUT2D eigenvalue weighted by Crippen LogP contribution is -2.23. The van der Waals surface area contributed by atoms with E-state index in [9.17, 15) is 14.0 Å². The molecule has 1 aromatic carbocycles. The zero-order valence-electron chi connectivity index (χ0n) is 12.9. The molecule has 0 unspecified atom stereocenters. The van der Waals surface area contributed by atoms with Gasteiger partial charge >= 0.3 is 0 Å². The van der Waals surface area contributed by atoms with E-state index in [1.165, 1.54) is 19.2 Å². The predicted molar refractivity (Wildman–Crippen MR) is 87.1 cm³/mol. The minimum absolute atomic E-state index is 0.204. The van der Waals surface area contributed by atoms with Gasteiger partial charge in [-0.25, -0.2) is 9.37 Å². The van der Waals surface area contributed by atoms with Crippen LogP contribution in [0, 0.1) is 5.82 Å². The monoisotopic (exact) mass is 326 g/mol. The Hall–Kier alpha value is -3.22. The molecule has 122 valence electrons. The quantitative estimate of drug-likeness (QED) is 0.773. The highest BCUT2D eigenvalue weighted by molar-refractivity contribution is 5.96. The Labute approximate surface area is 137 Å². The fourth-order valence-corrected chi connectivity index (χ4v) is 2.32. The van der Waals surface area contributed by atoms with Crippen molar-refractivity contribution in [3.05, 3.63) is 65.9 Å². The fraction of sp³-hybridized carbons (Fsp3) is 0.118. The SMILES string of the molecule is CC(=O)Nc1cccc(C(=O)NCc2cn3cc(F)ccc3n2)c1. The Morgan fingerprint density at radius 2 is 2.04 bits per heavy atom. The first-order valence-corrected chi connectivity index (χ1v) is 7.30. The molecule has 0 radical (unpaired) electrons. The van der Waals surface area contributed by atoms with Gasteiger partial charge in [0.2, 0.25) is 5.91 Å². The highest BCUT2D eigenvalue weighted by atomic mass is 19.1. The number of anilines is 1. The molecule has 2 aromatic heterocycles. The van der Waals surface area contributed by atoms with E-state index in [0.29, 0.717) is 22.6 Å². The van der Waals surface area contributed by atoms with Crippen molar-refractivity contribution in [3.63, 3.8) is 0 Å². The smallest absolute Gasteiger partial charge is 0.251 e. The molecule has 24 heavy (non-hydrogen) atoms. The van der Waals surface area contributed by atoms with E-state index in [1.54, 1.807) is 40.9 Å². The molecule has 0 saturated carbocycles. The number of hydrogen-bond acceptors (Lipinski definition) is 3. The van der Waals surface area contributed by atoms with E-state index in [4.69, 9.17) is 0 Å². The lowest BCUT2D eigenvalue weighted by molar-refractivity contribution is -0.114. The molecule has 0 aliphatic carbocycles. The van der Waals surface area contributed by atoms with Gasteiger partial charge < -0.3 is 15.0 Å². The van der Waals surface area contributed by atoms with Gasteiger partial charge in [-0.2, -0.15) is 0 Å². The first-order valence-electron chi connectivity index (χ1n) is 7.30. The minimum atomic E-state index is -0.356. The molecule has 0 bridgehead atoms. The third kappa shape index (κ3) is 3.57. The van der Waals surface area contributed by atoms with Crippen molar-refractivity contribution >= 4 is 23.1 Å². The molecule has 0 aliphatic heterocycles. The van der Waals surface area contributed by atoms with Gasteiger partial charge in [-0.05, 0) is 30.3 Å². The van der Waals surface area contributed by atoms with Crippen molar-refractivity contribution in [1.82, 2.24) is 14.7 Å². The Bertz CT molecular complexity index is 920. The molecule has 0 aliphatic rings. The van der Waals surface area contributed by atoms with Crippen LogP contribution in [0.25, 0.3) is 5.65 Å². The molecule has 2 heterocycles. The maximum Gasteiger partial charge on any atom is 0.251 e. The Morgan fingerprint density at radius 3 is 2.83 bits per heavy atom. The topological polar surface area (TPSA) is 75.5 Å². The summed E-state index contributed by atoms with van der Waals surface area (Å²) in [7, 11) is 0. The van der Waals surface area contributed by atoms with Crippen LogP contribution in [0.2, 0.25) is 0 Å². The number of hydrogen-bond donors (Lipinski definition) is 2. The standard InChI is InChI=1S/C17H15FN4O2/c1-11(23)20-14-4-2-3-12(7-14)17(24)19-8-15-10-22-9-13(18)5-6-16(22)21-15/h2-7,9-10H,8H2,1H3,(H,19,24)(H,20,23). The summed E-state index contributed by atoms with van der Waals surface area (Å²) in [5.74, 6) is -0.847. The number of halogens is 1. The van der Waals surface area contributed by atoms with Crippen LogP contribution in [0.1, 0.15) is 23.0 Å². The van der Waals surface area contributed by atoms with E-state index in [0.717, 1.165) is 0 Å². The van der Waals surface area contributed by atoms with Crippen LogP contribution in [-0.2, 0) is 11.3 Å². The Balaban J connectivity index is 1.69. The molecule has 6 nitrogen and oxygen atoms in total. The van der Waals surface area contributed by atoms with Crippen LogP contribution >= 0.6 is 0 Å². The van der Waals surface area contributed by atoms with Gasteiger partial charge in [0.05, 0.1) is 12.2 Å².